The molecule has 4 N–H and O–H groups in total. The minimum Gasteiger partial charge on any atom is -0.480 e. The number of methoxy groups -OCH3 is 1. The van der Waals surface area contributed by atoms with Crippen molar-refractivity contribution in [2.45, 2.75) is 24.4 Å². The number of carbonyl (C=O) groups is 3. The largest absolute Gasteiger partial charge is 0.480 e. The van der Waals surface area contributed by atoms with Gasteiger partial charge in [0.15, 0.2) is 0 Å². The van der Waals surface area contributed by atoms with Crippen LogP contribution in [0.3, 0.4) is 0 Å². The zero-order chi connectivity index (χ0) is 23.1. The van der Waals surface area contributed by atoms with Crippen LogP contribution in [-0.2, 0) is 19.1 Å². The molecule has 0 radical (unpaired) electrons. The number of carbonyl (C=O) groups excluding carboxylic acids is 2. The van der Waals surface area contributed by atoms with Gasteiger partial charge >= 0.3 is 12.1 Å². The molecule has 0 unspecified atom stereocenters. The number of ether oxygens (including phenoxy) is 2. The number of aliphatic hydroxyl groups excluding tert-OH is 1. The fraction of sp³-hybridized carbons (Fsp3) is 0.348. The van der Waals surface area contributed by atoms with Crippen LogP contribution < -0.4 is 10.6 Å². The second-order valence-corrected chi connectivity index (χ2v) is 7.39. The maximum absolute atomic E-state index is 12.4. The van der Waals surface area contributed by atoms with Gasteiger partial charge in [-0.15, -0.1) is 0 Å². The third-order valence-electron chi connectivity index (χ3n) is 5.32. The van der Waals surface area contributed by atoms with Gasteiger partial charge in [0.25, 0.3) is 0 Å². The summed E-state index contributed by atoms with van der Waals surface area (Å²) in [5.74, 6) is -2.17. The highest BCUT2D eigenvalue weighted by atomic mass is 16.5. The van der Waals surface area contributed by atoms with Crippen LogP contribution in [-0.4, -0.2) is 67.2 Å². The normalized spacial score (nSPS) is 14.1. The average molecular weight is 442 g/mol. The van der Waals surface area contributed by atoms with Gasteiger partial charge in [0, 0.05) is 26.1 Å². The van der Waals surface area contributed by atoms with Crippen LogP contribution >= 0.6 is 0 Å². The molecule has 0 fully saturated rings. The first-order valence-corrected chi connectivity index (χ1v) is 10.2. The molecule has 2 amide bonds. The van der Waals surface area contributed by atoms with Gasteiger partial charge in [-0.2, -0.15) is 0 Å². The third kappa shape index (κ3) is 5.24. The van der Waals surface area contributed by atoms with Crippen LogP contribution in [0.2, 0.25) is 0 Å². The van der Waals surface area contributed by atoms with Gasteiger partial charge in [-0.25, -0.2) is 9.59 Å². The van der Waals surface area contributed by atoms with Crippen molar-refractivity contribution in [3.05, 3.63) is 59.7 Å². The molecule has 32 heavy (non-hydrogen) atoms. The number of carboxylic acids is 1. The summed E-state index contributed by atoms with van der Waals surface area (Å²) in [5.41, 5.74) is 4.30. The Bertz CT molecular complexity index is 933. The van der Waals surface area contributed by atoms with Crippen molar-refractivity contribution >= 4 is 18.0 Å². The predicted molar refractivity (Wildman–Crippen MR) is 115 cm³/mol. The highest BCUT2D eigenvalue weighted by molar-refractivity contribution is 5.89. The number of alkyl carbamates (subject to hydrolysis) is 1. The van der Waals surface area contributed by atoms with E-state index in [4.69, 9.17) is 19.7 Å². The van der Waals surface area contributed by atoms with E-state index in [-0.39, 0.29) is 25.6 Å². The molecule has 1 aliphatic rings. The van der Waals surface area contributed by atoms with Gasteiger partial charge in [-0.3, -0.25) is 4.79 Å². The lowest BCUT2D eigenvalue weighted by atomic mass is 9.98. The van der Waals surface area contributed by atoms with Crippen molar-refractivity contribution in [3.8, 4) is 11.1 Å². The van der Waals surface area contributed by atoms with Crippen LogP contribution in [0.1, 0.15) is 23.5 Å². The highest BCUT2D eigenvalue weighted by Gasteiger charge is 2.30. The number of aliphatic hydroxyl groups is 1. The first kappa shape index (κ1) is 23.2. The fourth-order valence-electron chi connectivity index (χ4n) is 3.79. The van der Waals surface area contributed by atoms with E-state index in [0.29, 0.717) is 0 Å². The fourth-order valence-corrected chi connectivity index (χ4v) is 3.79. The molecule has 0 aromatic heterocycles. The highest BCUT2D eigenvalue weighted by Crippen LogP contribution is 2.44. The Morgan fingerprint density at radius 1 is 0.969 bits per heavy atom. The van der Waals surface area contributed by atoms with Gasteiger partial charge < -0.3 is 30.3 Å². The van der Waals surface area contributed by atoms with Crippen LogP contribution in [0.4, 0.5) is 4.79 Å². The zero-order valence-corrected chi connectivity index (χ0v) is 17.6. The van der Waals surface area contributed by atoms with Crippen molar-refractivity contribution in [1.29, 1.82) is 0 Å². The Morgan fingerprint density at radius 2 is 1.56 bits per heavy atom. The summed E-state index contributed by atoms with van der Waals surface area (Å²) in [5, 5.41) is 22.8. The first-order valence-electron chi connectivity index (χ1n) is 10.2. The zero-order valence-electron chi connectivity index (χ0n) is 17.6. The van der Waals surface area contributed by atoms with E-state index < -0.39 is 36.7 Å². The molecule has 9 nitrogen and oxygen atoms in total. The van der Waals surface area contributed by atoms with Gasteiger partial charge in [-0.05, 0) is 22.3 Å². The number of fused-ring (bicyclic) bond motifs is 3. The standard InChI is InChI=1S/C23H26N2O7/c1-31-13-20(21(27)24-19(10-11-26)22(28)29)25-23(30)32-12-18-16-8-4-2-6-14(16)15-7-3-5-9-17(15)18/h2-9,18-20,26H,10-13H2,1H3,(H,24,27)(H,25,30)(H,28,29)/t19-,20-/m0/s1. The Kier molecular flexibility index (Phi) is 7.80. The van der Waals surface area contributed by atoms with Gasteiger partial charge in [0.2, 0.25) is 5.91 Å². The average Bonchev–Trinajstić information content (AvgIpc) is 3.10. The van der Waals surface area contributed by atoms with E-state index in [1.165, 1.54) is 7.11 Å². The number of aliphatic carboxylic acids is 1. The number of benzene rings is 2. The summed E-state index contributed by atoms with van der Waals surface area (Å²) in [6.45, 7) is -0.517. The second-order valence-electron chi connectivity index (χ2n) is 7.39. The summed E-state index contributed by atoms with van der Waals surface area (Å²) < 4.78 is 10.4. The Hall–Kier alpha value is -3.43. The molecular weight excluding hydrogens is 416 g/mol. The number of rotatable bonds is 10. The van der Waals surface area contributed by atoms with E-state index in [1.807, 2.05) is 48.5 Å². The molecule has 0 heterocycles. The lowest BCUT2D eigenvalue weighted by Gasteiger charge is -2.21. The summed E-state index contributed by atoms with van der Waals surface area (Å²) in [7, 11) is 1.35. The molecule has 0 bridgehead atoms. The minimum atomic E-state index is -1.29. The van der Waals surface area contributed by atoms with Crippen LogP contribution in [0.5, 0.6) is 0 Å². The van der Waals surface area contributed by atoms with Crippen molar-refractivity contribution in [2.24, 2.45) is 0 Å². The maximum atomic E-state index is 12.4. The molecule has 2 aromatic rings. The second kappa shape index (κ2) is 10.7. The predicted octanol–water partition coefficient (Wildman–Crippen LogP) is 1.49. The number of nitrogens with one attached hydrogen (secondary N) is 2. The Morgan fingerprint density at radius 3 is 2.09 bits per heavy atom. The number of hydrogen-bond acceptors (Lipinski definition) is 6. The van der Waals surface area contributed by atoms with E-state index >= 15 is 0 Å². The van der Waals surface area contributed by atoms with Crippen LogP contribution in [0.25, 0.3) is 11.1 Å². The summed E-state index contributed by atoms with van der Waals surface area (Å²) >= 11 is 0. The smallest absolute Gasteiger partial charge is 0.407 e. The van der Waals surface area contributed by atoms with Crippen molar-refractivity contribution < 1.29 is 34.1 Å². The van der Waals surface area contributed by atoms with Crippen LogP contribution in [0, 0.1) is 0 Å². The van der Waals surface area contributed by atoms with Gasteiger partial charge in [-0.1, -0.05) is 48.5 Å². The Labute approximate surface area is 185 Å². The number of amides is 2. The molecule has 2 aromatic carbocycles. The van der Waals surface area contributed by atoms with E-state index in [0.717, 1.165) is 22.3 Å². The summed E-state index contributed by atoms with van der Waals surface area (Å²) in [4.78, 5) is 36.1. The Balaban J connectivity index is 1.64. The summed E-state index contributed by atoms with van der Waals surface area (Å²) in [6.07, 6.45) is -0.982. The molecule has 2 atom stereocenters. The monoisotopic (exact) mass is 442 g/mol. The van der Waals surface area contributed by atoms with Crippen molar-refractivity contribution in [2.75, 3.05) is 26.9 Å². The number of hydrogen-bond donors (Lipinski definition) is 4. The molecule has 9 heteroatoms. The summed E-state index contributed by atoms with van der Waals surface area (Å²) in [6, 6.07) is 13.4. The SMILES string of the molecule is COC[C@H](NC(=O)OCC1c2ccccc2-c2ccccc21)C(=O)N[C@@H](CCO)C(=O)O. The first-order chi connectivity index (χ1) is 15.5. The molecule has 0 saturated carbocycles. The molecule has 0 spiro atoms. The van der Waals surface area contributed by atoms with Crippen molar-refractivity contribution in [3.63, 3.8) is 0 Å². The van der Waals surface area contributed by atoms with E-state index in [1.54, 1.807) is 0 Å². The van der Waals surface area contributed by atoms with Gasteiger partial charge in [0.05, 0.1) is 6.61 Å². The molecule has 170 valence electrons. The lowest BCUT2D eigenvalue weighted by molar-refractivity contribution is -0.142. The molecular formula is C23H26N2O7. The molecule has 3 rings (SSSR count). The van der Waals surface area contributed by atoms with Crippen molar-refractivity contribution in [1.82, 2.24) is 10.6 Å². The quantitative estimate of drug-likeness (QED) is 0.438. The lowest BCUT2D eigenvalue weighted by Crippen LogP contribution is -2.53. The molecule has 0 saturated heterocycles. The van der Waals surface area contributed by atoms with Crippen LogP contribution in [0.15, 0.2) is 48.5 Å². The third-order valence-corrected chi connectivity index (χ3v) is 5.32. The van der Waals surface area contributed by atoms with Gasteiger partial charge in [0.1, 0.15) is 18.7 Å². The van der Waals surface area contributed by atoms with E-state index in [2.05, 4.69) is 10.6 Å². The molecule has 0 aliphatic heterocycles. The molecule has 1 aliphatic carbocycles. The maximum Gasteiger partial charge on any atom is 0.407 e. The number of carboxylic acid groups (broad SMARTS) is 1. The van der Waals surface area contributed by atoms with E-state index in [9.17, 15) is 14.4 Å². The minimum absolute atomic E-state index is 0.0729. The topological polar surface area (TPSA) is 134 Å².